The summed E-state index contributed by atoms with van der Waals surface area (Å²) in [6.07, 6.45) is 1.09. The number of rotatable bonds is 8. The van der Waals surface area contributed by atoms with Crippen LogP contribution in [0.1, 0.15) is 32.3 Å². The molecule has 0 heterocycles. The molecule has 0 aliphatic heterocycles. The van der Waals surface area contributed by atoms with Crippen molar-refractivity contribution in [3.8, 4) is 0 Å². The molecule has 2 atom stereocenters. The van der Waals surface area contributed by atoms with E-state index in [4.69, 9.17) is 5.11 Å². The van der Waals surface area contributed by atoms with Crippen LogP contribution in [0.15, 0.2) is 24.3 Å². The van der Waals surface area contributed by atoms with Gasteiger partial charge in [0.05, 0.1) is 0 Å². The molecule has 0 aliphatic rings. The summed E-state index contributed by atoms with van der Waals surface area (Å²) in [5, 5.41) is 11.4. The van der Waals surface area contributed by atoms with E-state index >= 15 is 0 Å². The normalized spacial score (nSPS) is 13.5. The number of carbonyl (C=O) groups is 2. The number of carboxylic acid groups (broad SMARTS) is 1. The summed E-state index contributed by atoms with van der Waals surface area (Å²) in [7, 11) is 0. The minimum absolute atomic E-state index is 0.0316. The Bertz CT molecular complexity index is 490. The molecule has 0 saturated heterocycles. The number of amides is 1. The van der Waals surface area contributed by atoms with Crippen LogP contribution >= 0.6 is 0 Å². The fraction of sp³-hybridized carbons (Fsp3) is 0.500. The zero-order valence-corrected chi connectivity index (χ0v) is 12.4. The molecule has 21 heavy (non-hydrogen) atoms. The molecule has 0 aliphatic carbocycles. The maximum atomic E-state index is 13.5. The van der Waals surface area contributed by atoms with Gasteiger partial charge in [-0.15, -0.1) is 0 Å². The first-order valence-electron chi connectivity index (χ1n) is 7.13. The lowest BCUT2D eigenvalue weighted by atomic mass is 9.99. The van der Waals surface area contributed by atoms with Crippen molar-refractivity contribution in [2.24, 2.45) is 11.8 Å². The van der Waals surface area contributed by atoms with Gasteiger partial charge < -0.3 is 10.4 Å². The van der Waals surface area contributed by atoms with Crippen LogP contribution in [0.4, 0.5) is 4.39 Å². The standard InChI is InChI=1S/C16H22FNO3/c1-11(9-15(19)20)10-18-16(21)12(2)7-8-13-5-3-4-6-14(13)17/h3-6,11-12H,7-10H2,1-2H3,(H,18,21)(H,19,20). The van der Waals surface area contributed by atoms with E-state index in [9.17, 15) is 14.0 Å². The number of aryl methyl sites for hydroxylation is 1. The van der Waals surface area contributed by atoms with E-state index in [1.165, 1.54) is 6.07 Å². The van der Waals surface area contributed by atoms with Gasteiger partial charge in [-0.3, -0.25) is 9.59 Å². The quantitative estimate of drug-likeness (QED) is 0.774. The van der Waals surface area contributed by atoms with Crippen molar-refractivity contribution < 1.29 is 19.1 Å². The Balaban J connectivity index is 2.34. The Kier molecular flexibility index (Phi) is 6.85. The molecule has 1 amide bonds. The van der Waals surface area contributed by atoms with E-state index in [0.29, 0.717) is 24.9 Å². The second-order valence-electron chi connectivity index (χ2n) is 5.48. The van der Waals surface area contributed by atoms with Gasteiger partial charge in [0.2, 0.25) is 5.91 Å². The summed E-state index contributed by atoms with van der Waals surface area (Å²) < 4.78 is 13.5. The first-order chi connectivity index (χ1) is 9.90. The molecule has 0 fully saturated rings. The van der Waals surface area contributed by atoms with E-state index in [2.05, 4.69) is 5.32 Å². The topological polar surface area (TPSA) is 66.4 Å². The highest BCUT2D eigenvalue weighted by Crippen LogP contribution is 2.13. The second-order valence-corrected chi connectivity index (χ2v) is 5.48. The summed E-state index contributed by atoms with van der Waals surface area (Å²) in [6, 6.07) is 6.54. The van der Waals surface area contributed by atoms with Crippen LogP contribution in [0.2, 0.25) is 0 Å². The fourth-order valence-electron chi connectivity index (χ4n) is 2.02. The van der Waals surface area contributed by atoms with Gasteiger partial charge in [-0.25, -0.2) is 4.39 Å². The van der Waals surface area contributed by atoms with Crippen LogP contribution in [0, 0.1) is 17.7 Å². The van der Waals surface area contributed by atoms with Crippen molar-refractivity contribution in [3.05, 3.63) is 35.6 Å². The highest BCUT2D eigenvalue weighted by Gasteiger charge is 2.15. The lowest BCUT2D eigenvalue weighted by molar-refractivity contribution is -0.138. The smallest absolute Gasteiger partial charge is 0.303 e. The van der Waals surface area contributed by atoms with Crippen molar-refractivity contribution in [3.63, 3.8) is 0 Å². The number of hydrogen-bond acceptors (Lipinski definition) is 2. The second kappa shape index (κ2) is 8.39. The number of carboxylic acids is 1. The molecule has 1 aromatic carbocycles. The van der Waals surface area contributed by atoms with Gasteiger partial charge in [0, 0.05) is 18.9 Å². The molecule has 0 saturated carbocycles. The van der Waals surface area contributed by atoms with E-state index in [-0.39, 0.29) is 30.0 Å². The van der Waals surface area contributed by atoms with Crippen molar-refractivity contribution in [1.29, 1.82) is 0 Å². The first-order valence-corrected chi connectivity index (χ1v) is 7.13. The maximum absolute atomic E-state index is 13.5. The Hall–Kier alpha value is -1.91. The zero-order chi connectivity index (χ0) is 15.8. The molecule has 1 rings (SSSR count). The summed E-state index contributed by atoms with van der Waals surface area (Å²) in [5.41, 5.74) is 0.608. The van der Waals surface area contributed by atoms with Gasteiger partial charge in [-0.2, -0.15) is 0 Å². The number of aliphatic carboxylic acids is 1. The lowest BCUT2D eigenvalue weighted by Crippen LogP contribution is -2.33. The molecule has 2 unspecified atom stereocenters. The van der Waals surface area contributed by atoms with Crippen LogP contribution in [0.3, 0.4) is 0 Å². The highest BCUT2D eigenvalue weighted by atomic mass is 19.1. The monoisotopic (exact) mass is 295 g/mol. The molecule has 1 aromatic rings. The number of hydrogen-bond donors (Lipinski definition) is 2. The van der Waals surface area contributed by atoms with Gasteiger partial charge in [0.1, 0.15) is 5.82 Å². The average Bonchev–Trinajstić information content (AvgIpc) is 2.42. The van der Waals surface area contributed by atoms with Gasteiger partial charge in [-0.1, -0.05) is 32.0 Å². The molecule has 0 radical (unpaired) electrons. The molecular formula is C16H22FNO3. The average molecular weight is 295 g/mol. The Labute approximate surface area is 124 Å². The molecule has 2 N–H and O–H groups in total. The van der Waals surface area contributed by atoms with Crippen molar-refractivity contribution >= 4 is 11.9 Å². The summed E-state index contributed by atoms with van der Waals surface area (Å²) in [6.45, 7) is 3.91. The SMILES string of the molecule is CC(CNC(=O)C(C)CCc1ccccc1F)CC(=O)O. The molecular weight excluding hydrogens is 273 g/mol. The lowest BCUT2D eigenvalue weighted by Gasteiger charge is -2.15. The molecule has 0 aromatic heterocycles. The minimum Gasteiger partial charge on any atom is -0.481 e. The van der Waals surface area contributed by atoms with Crippen LogP contribution in [0.25, 0.3) is 0 Å². The van der Waals surface area contributed by atoms with Crippen LogP contribution in [-0.4, -0.2) is 23.5 Å². The number of nitrogens with one attached hydrogen (secondary N) is 1. The summed E-state index contributed by atoms with van der Waals surface area (Å²) >= 11 is 0. The molecule has 116 valence electrons. The molecule has 5 heteroatoms. The maximum Gasteiger partial charge on any atom is 0.303 e. The van der Waals surface area contributed by atoms with E-state index < -0.39 is 5.97 Å². The third kappa shape index (κ3) is 6.38. The number of benzene rings is 1. The Morgan fingerprint density at radius 1 is 1.29 bits per heavy atom. The van der Waals surface area contributed by atoms with Gasteiger partial charge in [0.15, 0.2) is 0 Å². The van der Waals surface area contributed by atoms with E-state index in [1.807, 2.05) is 0 Å². The predicted octanol–water partition coefficient (Wildman–Crippen LogP) is 2.62. The van der Waals surface area contributed by atoms with Gasteiger partial charge in [0.25, 0.3) is 0 Å². The van der Waals surface area contributed by atoms with Gasteiger partial charge in [-0.05, 0) is 30.4 Å². The Morgan fingerprint density at radius 3 is 2.57 bits per heavy atom. The predicted molar refractivity (Wildman–Crippen MR) is 78.3 cm³/mol. The van der Waals surface area contributed by atoms with Crippen molar-refractivity contribution in [2.75, 3.05) is 6.54 Å². The van der Waals surface area contributed by atoms with Crippen LogP contribution in [-0.2, 0) is 16.0 Å². The summed E-state index contributed by atoms with van der Waals surface area (Å²) in [5.74, 6) is -1.58. The highest BCUT2D eigenvalue weighted by molar-refractivity contribution is 5.78. The summed E-state index contributed by atoms with van der Waals surface area (Å²) in [4.78, 5) is 22.4. The van der Waals surface area contributed by atoms with Crippen molar-refractivity contribution in [2.45, 2.75) is 33.1 Å². The fourth-order valence-corrected chi connectivity index (χ4v) is 2.02. The molecule has 4 nitrogen and oxygen atoms in total. The van der Waals surface area contributed by atoms with Crippen molar-refractivity contribution in [1.82, 2.24) is 5.32 Å². The minimum atomic E-state index is -0.871. The number of halogens is 1. The first kappa shape index (κ1) is 17.1. The van der Waals surface area contributed by atoms with E-state index in [1.54, 1.807) is 32.0 Å². The molecule has 0 bridgehead atoms. The van der Waals surface area contributed by atoms with Gasteiger partial charge >= 0.3 is 5.97 Å². The third-order valence-electron chi connectivity index (χ3n) is 3.40. The third-order valence-corrected chi connectivity index (χ3v) is 3.40. The zero-order valence-electron chi connectivity index (χ0n) is 12.4. The Morgan fingerprint density at radius 2 is 1.95 bits per heavy atom. The largest absolute Gasteiger partial charge is 0.481 e. The van der Waals surface area contributed by atoms with Crippen LogP contribution in [0.5, 0.6) is 0 Å². The number of carbonyl (C=O) groups excluding carboxylic acids is 1. The molecule has 0 spiro atoms. The van der Waals surface area contributed by atoms with Crippen LogP contribution < -0.4 is 5.32 Å². The van der Waals surface area contributed by atoms with E-state index in [0.717, 1.165) is 0 Å².